The fraction of sp³-hybridized carbons (Fsp3) is 0.357. The number of benzene rings is 1. The van der Waals surface area contributed by atoms with Crippen LogP contribution in [-0.4, -0.2) is 18.6 Å². The standard InChI is InChI=1S/C14H15NO2/c1-3-4-10(2)15-14(16)12-5-6-13-11(9-12)7-8-17-13/h1,5-6,9-10H,4,7-8H2,2H3,(H,15,16). The Hall–Kier alpha value is -1.95. The quantitative estimate of drug-likeness (QED) is 0.802. The molecule has 0 radical (unpaired) electrons. The minimum atomic E-state index is -0.0811. The highest BCUT2D eigenvalue weighted by molar-refractivity contribution is 5.94. The molecule has 1 N–H and O–H groups in total. The minimum Gasteiger partial charge on any atom is -0.493 e. The number of carbonyl (C=O) groups is 1. The Bertz CT molecular complexity index is 474. The van der Waals surface area contributed by atoms with Crippen LogP contribution in [0.4, 0.5) is 0 Å². The Morgan fingerprint density at radius 1 is 1.65 bits per heavy atom. The van der Waals surface area contributed by atoms with E-state index in [1.807, 2.05) is 19.1 Å². The van der Waals surface area contributed by atoms with Crippen LogP contribution in [0.2, 0.25) is 0 Å². The monoisotopic (exact) mass is 229 g/mol. The average molecular weight is 229 g/mol. The van der Waals surface area contributed by atoms with Crippen molar-refractivity contribution >= 4 is 5.91 Å². The molecule has 17 heavy (non-hydrogen) atoms. The number of fused-ring (bicyclic) bond motifs is 1. The highest BCUT2D eigenvalue weighted by atomic mass is 16.5. The zero-order valence-corrected chi connectivity index (χ0v) is 9.82. The van der Waals surface area contributed by atoms with Gasteiger partial charge in [-0.3, -0.25) is 4.79 Å². The fourth-order valence-electron chi connectivity index (χ4n) is 1.86. The van der Waals surface area contributed by atoms with Gasteiger partial charge in [0.05, 0.1) is 6.61 Å². The van der Waals surface area contributed by atoms with Gasteiger partial charge in [-0.05, 0) is 30.7 Å². The van der Waals surface area contributed by atoms with Crippen molar-refractivity contribution in [2.24, 2.45) is 0 Å². The normalized spacial score (nSPS) is 14.4. The number of terminal acetylenes is 1. The lowest BCUT2D eigenvalue weighted by Crippen LogP contribution is -2.32. The minimum absolute atomic E-state index is 0.00277. The van der Waals surface area contributed by atoms with E-state index in [9.17, 15) is 4.79 Å². The van der Waals surface area contributed by atoms with Gasteiger partial charge in [0.1, 0.15) is 5.75 Å². The number of hydrogen-bond donors (Lipinski definition) is 1. The summed E-state index contributed by atoms with van der Waals surface area (Å²) in [4.78, 5) is 11.9. The maximum Gasteiger partial charge on any atom is 0.251 e. The molecule has 88 valence electrons. The van der Waals surface area contributed by atoms with Gasteiger partial charge in [0.25, 0.3) is 5.91 Å². The highest BCUT2D eigenvalue weighted by Crippen LogP contribution is 2.25. The van der Waals surface area contributed by atoms with Gasteiger partial charge in [-0.1, -0.05) is 0 Å². The first kappa shape index (κ1) is 11.5. The van der Waals surface area contributed by atoms with Crippen LogP contribution < -0.4 is 10.1 Å². The van der Waals surface area contributed by atoms with Crippen molar-refractivity contribution in [1.29, 1.82) is 0 Å². The Labute approximate surface area is 101 Å². The Morgan fingerprint density at radius 2 is 2.47 bits per heavy atom. The van der Waals surface area contributed by atoms with Crippen LogP contribution in [0.1, 0.15) is 29.3 Å². The molecule has 1 aromatic rings. The third-order valence-corrected chi connectivity index (χ3v) is 2.75. The van der Waals surface area contributed by atoms with Crippen LogP contribution >= 0.6 is 0 Å². The Kier molecular flexibility index (Phi) is 3.34. The molecule has 0 saturated carbocycles. The molecular formula is C14H15NO2. The van der Waals surface area contributed by atoms with Gasteiger partial charge in [0.2, 0.25) is 0 Å². The van der Waals surface area contributed by atoms with Gasteiger partial charge in [-0.2, -0.15) is 0 Å². The second-order valence-electron chi connectivity index (χ2n) is 4.20. The van der Waals surface area contributed by atoms with Gasteiger partial charge >= 0.3 is 0 Å². The molecule has 0 aliphatic carbocycles. The SMILES string of the molecule is C#CCC(C)NC(=O)c1ccc2c(c1)CCO2. The molecule has 1 aliphatic heterocycles. The summed E-state index contributed by atoms with van der Waals surface area (Å²) in [5.74, 6) is 3.34. The molecular weight excluding hydrogens is 214 g/mol. The topological polar surface area (TPSA) is 38.3 Å². The lowest BCUT2D eigenvalue weighted by molar-refractivity contribution is 0.0941. The fourth-order valence-corrected chi connectivity index (χ4v) is 1.86. The van der Waals surface area contributed by atoms with Crippen molar-refractivity contribution in [3.8, 4) is 18.1 Å². The highest BCUT2D eigenvalue weighted by Gasteiger charge is 2.15. The van der Waals surface area contributed by atoms with Gasteiger partial charge in [0.15, 0.2) is 0 Å². The van der Waals surface area contributed by atoms with Crippen molar-refractivity contribution in [1.82, 2.24) is 5.32 Å². The van der Waals surface area contributed by atoms with E-state index in [1.54, 1.807) is 6.07 Å². The first-order valence-electron chi connectivity index (χ1n) is 5.71. The smallest absolute Gasteiger partial charge is 0.251 e. The number of nitrogens with one attached hydrogen (secondary N) is 1. The lowest BCUT2D eigenvalue weighted by Gasteiger charge is -2.11. The van der Waals surface area contributed by atoms with Gasteiger partial charge in [-0.25, -0.2) is 0 Å². The maximum atomic E-state index is 11.9. The zero-order valence-electron chi connectivity index (χ0n) is 9.82. The van der Waals surface area contributed by atoms with Gasteiger partial charge < -0.3 is 10.1 Å². The molecule has 3 heteroatoms. The zero-order chi connectivity index (χ0) is 12.3. The third kappa shape index (κ3) is 2.59. The Morgan fingerprint density at radius 3 is 3.24 bits per heavy atom. The second-order valence-corrected chi connectivity index (χ2v) is 4.20. The van der Waals surface area contributed by atoms with Crippen LogP contribution in [0.5, 0.6) is 5.75 Å². The van der Waals surface area contributed by atoms with Crippen LogP contribution in [0.25, 0.3) is 0 Å². The van der Waals surface area contributed by atoms with E-state index in [0.29, 0.717) is 18.6 Å². The summed E-state index contributed by atoms with van der Waals surface area (Å²) < 4.78 is 5.39. The molecule has 0 bridgehead atoms. The average Bonchev–Trinajstić information content (AvgIpc) is 2.75. The number of hydrogen-bond acceptors (Lipinski definition) is 2. The molecule has 0 aromatic heterocycles. The molecule has 1 heterocycles. The summed E-state index contributed by atoms with van der Waals surface area (Å²) >= 11 is 0. The molecule has 1 atom stereocenters. The molecule has 1 unspecified atom stereocenters. The van der Waals surface area contributed by atoms with E-state index in [0.717, 1.165) is 17.7 Å². The lowest BCUT2D eigenvalue weighted by atomic mass is 10.1. The summed E-state index contributed by atoms with van der Waals surface area (Å²) in [5, 5.41) is 2.87. The van der Waals surface area contributed by atoms with E-state index in [2.05, 4.69) is 11.2 Å². The molecule has 1 aromatic carbocycles. The predicted molar refractivity (Wildman–Crippen MR) is 66.0 cm³/mol. The van der Waals surface area contributed by atoms with Crippen molar-refractivity contribution in [3.05, 3.63) is 29.3 Å². The van der Waals surface area contributed by atoms with Crippen LogP contribution in [0, 0.1) is 12.3 Å². The van der Waals surface area contributed by atoms with Crippen molar-refractivity contribution in [2.45, 2.75) is 25.8 Å². The van der Waals surface area contributed by atoms with Crippen LogP contribution in [-0.2, 0) is 6.42 Å². The molecule has 2 rings (SSSR count). The molecule has 0 spiro atoms. The van der Waals surface area contributed by atoms with Crippen molar-refractivity contribution < 1.29 is 9.53 Å². The number of ether oxygens (including phenoxy) is 1. The Balaban J connectivity index is 2.07. The van der Waals surface area contributed by atoms with E-state index in [-0.39, 0.29) is 11.9 Å². The van der Waals surface area contributed by atoms with E-state index in [4.69, 9.17) is 11.2 Å². The first-order valence-corrected chi connectivity index (χ1v) is 5.71. The van der Waals surface area contributed by atoms with Crippen molar-refractivity contribution in [3.63, 3.8) is 0 Å². The third-order valence-electron chi connectivity index (χ3n) is 2.75. The summed E-state index contributed by atoms with van der Waals surface area (Å²) in [6.07, 6.45) is 6.61. The van der Waals surface area contributed by atoms with E-state index in [1.165, 1.54) is 0 Å². The number of rotatable bonds is 3. The number of amides is 1. The molecule has 1 aliphatic rings. The van der Waals surface area contributed by atoms with Gasteiger partial charge in [0, 0.05) is 24.4 Å². The largest absolute Gasteiger partial charge is 0.493 e. The molecule has 0 fully saturated rings. The maximum absolute atomic E-state index is 11.9. The summed E-state index contributed by atoms with van der Waals surface area (Å²) in [6, 6.07) is 5.52. The summed E-state index contributed by atoms with van der Waals surface area (Å²) in [7, 11) is 0. The summed E-state index contributed by atoms with van der Waals surface area (Å²) in [6.45, 7) is 2.60. The molecule has 0 saturated heterocycles. The summed E-state index contributed by atoms with van der Waals surface area (Å²) in [5.41, 5.74) is 1.76. The van der Waals surface area contributed by atoms with Crippen LogP contribution in [0.15, 0.2) is 18.2 Å². The molecule has 1 amide bonds. The van der Waals surface area contributed by atoms with Gasteiger partial charge in [-0.15, -0.1) is 12.3 Å². The van der Waals surface area contributed by atoms with Crippen molar-refractivity contribution in [2.75, 3.05) is 6.61 Å². The number of carbonyl (C=O) groups excluding carboxylic acids is 1. The second kappa shape index (κ2) is 4.92. The molecule has 3 nitrogen and oxygen atoms in total. The van der Waals surface area contributed by atoms with Crippen LogP contribution in [0.3, 0.4) is 0 Å². The first-order chi connectivity index (χ1) is 8.20. The predicted octanol–water partition coefficient (Wildman–Crippen LogP) is 1.76. The van der Waals surface area contributed by atoms with E-state index < -0.39 is 0 Å². The van der Waals surface area contributed by atoms with E-state index >= 15 is 0 Å².